The molecule has 2 fully saturated rings. The number of nitrogens with zero attached hydrogens (tertiary/aromatic N) is 2. The molecule has 35 heavy (non-hydrogen) atoms. The molecular formula is C26H37N3O6. The largest absolute Gasteiger partial charge is 0.444 e. The number of allylic oxidation sites excluding steroid dienone is 2. The van der Waals surface area contributed by atoms with E-state index in [9.17, 15) is 25.2 Å². The minimum atomic E-state index is -1.04. The van der Waals surface area contributed by atoms with Gasteiger partial charge >= 0.3 is 6.09 Å². The van der Waals surface area contributed by atoms with E-state index in [1.165, 1.54) is 10.5 Å². The third kappa shape index (κ3) is 4.61. The van der Waals surface area contributed by atoms with Crippen LogP contribution in [0.2, 0.25) is 0 Å². The highest BCUT2D eigenvalue weighted by Crippen LogP contribution is 2.52. The number of aliphatic hydroxyl groups excluding tert-OH is 4. The fourth-order valence-corrected chi connectivity index (χ4v) is 5.93. The molecule has 5 rings (SSSR count). The van der Waals surface area contributed by atoms with E-state index in [0.717, 1.165) is 24.8 Å². The number of carbonyl (C=O) groups excluding carboxylic acids is 1. The molecule has 5 N–H and O–H groups in total. The van der Waals surface area contributed by atoms with Gasteiger partial charge in [-0.05, 0) is 75.5 Å². The highest BCUT2D eigenvalue weighted by Gasteiger charge is 2.46. The average Bonchev–Trinajstić information content (AvgIpc) is 3.01. The summed E-state index contributed by atoms with van der Waals surface area (Å²) < 4.78 is 5.50. The summed E-state index contributed by atoms with van der Waals surface area (Å²) in [5.41, 5.74) is 3.12. The van der Waals surface area contributed by atoms with Gasteiger partial charge in [0.05, 0.1) is 6.04 Å². The Balaban J connectivity index is 1.26. The van der Waals surface area contributed by atoms with E-state index in [4.69, 9.17) is 4.74 Å². The van der Waals surface area contributed by atoms with Crippen molar-refractivity contribution in [1.29, 1.82) is 0 Å². The summed E-state index contributed by atoms with van der Waals surface area (Å²) in [6.45, 7) is 6.98. The van der Waals surface area contributed by atoms with Crippen LogP contribution < -0.4 is 5.32 Å². The second kappa shape index (κ2) is 8.83. The molecule has 0 bridgehead atoms. The van der Waals surface area contributed by atoms with Gasteiger partial charge in [-0.25, -0.2) is 9.69 Å². The molecule has 1 amide bonds. The Kier molecular flexibility index (Phi) is 6.22. The third-order valence-corrected chi connectivity index (χ3v) is 7.86. The minimum Gasteiger partial charge on any atom is -0.444 e. The molecule has 1 spiro atoms. The van der Waals surface area contributed by atoms with E-state index in [0.29, 0.717) is 37.1 Å². The lowest BCUT2D eigenvalue weighted by Crippen LogP contribution is -2.57. The van der Waals surface area contributed by atoms with Crippen molar-refractivity contribution in [3.63, 3.8) is 0 Å². The van der Waals surface area contributed by atoms with Gasteiger partial charge < -0.3 is 30.1 Å². The first-order valence-corrected chi connectivity index (χ1v) is 12.6. The highest BCUT2D eigenvalue weighted by molar-refractivity contribution is 5.74. The monoisotopic (exact) mass is 487 g/mol. The zero-order valence-corrected chi connectivity index (χ0v) is 20.6. The van der Waals surface area contributed by atoms with Gasteiger partial charge in [0, 0.05) is 24.2 Å². The van der Waals surface area contributed by atoms with Crippen molar-refractivity contribution < 1.29 is 30.0 Å². The Hall–Kier alpha value is -2.01. The van der Waals surface area contributed by atoms with Gasteiger partial charge in [0.25, 0.3) is 0 Å². The third-order valence-electron chi connectivity index (χ3n) is 7.86. The minimum absolute atomic E-state index is 0.0930. The summed E-state index contributed by atoms with van der Waals surface area (Å²) in [4.78, 5) is 15.7. The number of amides is 1. The highest BCUT2D eigenvalue weighted by atomic mass is 16.6. The number of hydrogen-bond acceptors (Lipinski definition) is 8. The lowest BCUT2D eigenvalue weighted by Gasteiger charge is -2.46. The van der Waals surface area contributed by atoms with Crippen LogP contribution in [0.1, 0.15) is 82.0 Å². The van der Waals surface area contributed by atoms with E-state index < -0.39 is 36.6 Å². The molecule has 5 atom stereocenters. The second-order valence-electron chi connectivity index (χ2n) is 11.5. The van der Waals surface area contributed by atoms with Crippen LogP contribution in [0.4, 0.5) is 4.79 Å². The quantitative estimate of drug-likeness (QED) is 0.430. The van der Waals surface area contributed by atoms with Crippen molar-refractivity contribution in [2.45, 2.75) is 89.4 Å². The summed E-state index contributed by atoms with van der Waals surface area (Å²) in [5, 5.41) is 44.7. The molecule has 5 unspecified atom stereocenters. The van der Waals surface area contributed by atoms with Crippen LogP contribution >= 0.6 is 0 Å². The molecular weight excluding hydrogens is 450 g/mol. The maximum Gasteiger partial charge on any atom is 0.410 e. The van der Waals surface area contributed by atoms with Gasteiger partial charge in [-0.2, -0.15) is 0 Å². The Morgan fingerprint density at radius 2 is 1.71 bits per heavy atom. The van der Waals surface area contributed by atoms with E-state index >= 15 is 0 Å². The van der Waals surface area contributed by atoms with Crippen LogP contribution in [0.5, 0.6) is 0 Å². The zero-order valence-electron chi connectivity index (χ0n) is 20.6. The smallest absolute Gasteiger partial charge is 0.410 e. The molecule has 0 radical (unpaired) electrons. The fraction of sp³-hybridized carbons (Fsp3) is 0.654. The van der Waals surface area contributed by atoms with Gasteiger partial charge in [0.15, 0.2) is 0 Å². The molecule has 3 aliphatic heterocycles. The summed E-state index contributed by atoms with van der Waals surface area (Å²) >= 11 is 0. The molecule has 1 aliphatic carbocycles. The second-order valence-corrected chi connectivity index (χ2v) is 11.5. The lowest BCUT2D eigenvalue weighted by atomic mass is 9.64. The molecule has 0 saturated carbocycles. The number of aliphatic hydroxyl groups is 4. The molecule has 1 aromatic rings. The maximum atomic E-state index is 12.4. The number of benzene rings is 1. The van der Waals surface area contributed by atoms with E-state index in [1.807, 2.05) is 39.0 Å². The van der Waals surface area contributed by atoms with Gasteiger partial charge in [-0.1, -0.05) is 18.2 Å². The zero-order chi connectivity index (χ0) is 25.1. The van der Waals surface area contributed by atoms with Gasteiger partial charge in [-0.3, -0.25) is 5.32 Å². The number of fused-ring (bicyclic) bond motifs is 1. The van der Waals surface area contributed by atoms with Gasteiger partial charge in [-0.15, -0.1) is 0 Å². The normalized spacial score (nSPS) is 32.7. The number of nitrogens with one attached hydrogen (secondary N) is 1. The van der Waals surface area contributed by atoms with Crippen LogP contribution in [0.15, 0.2) is 24.3 Å². The molecule has 3 heterocycles. The number of carbonyl (C=O) groups is 1. The summed E-state index contributed by atoms with van der Waals surface area (Å²) in [7, 11) is 0. The van der Waals surface area contributed by atoms with Crippen LogP contribution in [-0.4, -0.2) is 73.5 Å². The Bertz CT molecular complexity index is 1010. The molecule has 0 aromatic heterocycles. The molecule has 9 nitrogen and oxygen atoms in total. The first-order valence-electron chi connectivity index (χ1n) is 12.6. The first-order chi connectivity index (χ1) is 16.5. The van der Waals surface area contributed by atoms with Crippen molar-refractivity contribution in [2.24, 2.45) is 5.41 Å². The number of ether oxygens (including phenoxy) is 1. The number of piperidine rings is 2. The lowest BCUT2D eigenvalue weighted by molar-refractivity contribution is -0.159. The Labute approximate surface area is 206 Å². The van der Waals surface area contributed by atoms with Crippen molar-refractivity contribution in [3.05, 3.63) is 41.0 Å². The van der Waals surface area contributed by atoms with Crippen LogP contribution in [0.3, 0.4) is 0 Å². The molecule has 2 saturated heterocycles. The maximum absolute atomic E-state index is 12.4. The summed E-state index contributed by atoms with van der Waals surface area (Å²) in [5.74, 6) is 0. The number of hydrogen-bond donors (Lipinski definition) is 5. The number of rotatable bonds is 2. The van der Waals surface area contributed by atoms with Crippen molar-refractivity contribution in [1.82, 2.24) is 15.1 Å². The SMILES string of the molecule is CC(C)(C)OC(=O)N1CCC2(C=C(c3ccc4c(c3)C(O)N(C3CCC(O)NC3O)C4O)C2)CC1. The summed E-state index contributed by atoms with van der Waals surface area (Å²) in [6.07, 6.45) is 1.75. The molecule has 1 aromatic carbocycles. The van der Waals surface area contributed by atoms with E-state index in [2.05, 4.69) is 11.4 Å². The van der Waals surface area contributed by atoms with Crippen LogP contribution in [-0.2, 0) is 4.74 Å². The van der Waals surface area contributed by atoms with Crippen molar-refractivity contribution in [2.75, 3.05) is 13.1 Å². The van der Waals surface area contributed by atoms with Crippen molar-refractivity contribution >= 4 is 11.7 Å². The number of likely N-dealkylation sites (tertiary alicyclic amines) is 1. The molecule has 9 heteroatoms. The Morgan fingerprint density at radius 3 is 2.34 bits per heavy atom. The van der Waals surface area contributed by atoms with Crippen molar-refractivity contribution in [3.8, 4) is 0 Å². The standard InChI is InChI=1S/C26H37N3O6/c1-25(2,3)35-24(34)28-10-8-26(9-11-28)13-16(14-26)15-4-5-17-18(12-15)23(33)29(22(17)32)19-6-7-20(30)27-21(19)31/h4-5,12-13,19-23,27,30-33H,6-11,14H2,1-3H3. The van der Waals surface area contributed by atoms with Crippen LogP contribution in [0.25, 0.3) is 5.57 Å². The molecule has 192 valence electrons. The van der Waals surface area contributed by atoms with Gasteiger partial charge in [0.2, 0.25) is 0 Å². The van der Waals surface area contributed by atoms with Gasteiger partial charge in [0.1, 0.15) is 30.5 Å². The Morgan fingerprint density at radius 1 is 1.06 bits per heavy atom. The first kappa shape index (κ1) is 24.7. The van der Waals surface area contributed by atoms with E-state index in [-0.39, 0.29) is 11.5 Å². The van der Waals surface area contributed by atoms with E-state index in [1.54, 1.807) is 4.90 Å². The fourth-order valence-electron chi connectivity index (χ4n) is 5.93. The predicted octanol–water partition coefficient (Wildman–Crippen LogP) is 2.18. The molecule has 4 aliphatic rings. The topological polar surface area (TPSA) is 126 Å². The summed E-state index contributed by atoms with van der Waals surface area (Å²) in [6, 6.07) is 5.26. The van der Waals surface area contributed by atoms with Crippen LogP contribution in [0, 0.1) is 5.41 Å². The average molecular weight is 488 g/mol. The predicted molar refractivity (Wildman–Crippen MR) is 128 cm³/mol.